The van der Waals surface area contributed by atoms with Gasteiger partial charge in [0.05, 0.1) is 5.02 Å². The van der Waals surface area contributed by atoms with Crippen molar-refractivity contribution in [1.29, 1.82) is 0 Å². The van der Waals surface area contributed by atoms with Gasteiger partial charge in [0.1, 0.15) is 5.82 Å². The van der Waals surface area contributed by atoms with Gasteiger partial charge in [0.2, 0.25) is 0 Å². The van der Waals surface area contributed by atoms with Crippen molar-refractivity contribution in [3.8, 4) is 0 Å². The molecule has 2 N–H and O–H groups in total. The Morgan fingerprint density at radius 2 is 2.12 bits per heavy atom. The topological polar surface area (TPSA) is 26.0 Å². The summed E-state index contributed by atoms with van der Waals surface area (Å²) in [6.45, 7) is 4.12. The molecule has 1 aromatic carbocycles. The highest BCUT2D eigenvalue weighted by Crippen LogP contribution is 2.31. The Kier molecular flexibility index (Phi) is 5.22. The van der Waals surface area contributed by atoms with Crippen LogP contribution in [0.5, 0.6) is 0 Å². The summed E-state index contributed by atoms with van der Waals surface area (Å²) in [5, 5.41) is 0.496. The Balaban J connectivity index is 2.99. The van der Waals surface area contributed by atoms with E-state index in [1.54, 1.807) is 6.07 Å². The molecule has 0 saturated carbocycles. The summed E-state index contributed by atoms with van der Waals surface area (Å²) >= 11 is 9.13. The molecule has 2 atom stereocenters. The molecule has 0 fully saturated rings. The molecule has 0 aliphatic rings. The van der Waals surface area contributed by atoms with Crippen LogP contribution in [0, 0.1) is 11.7 Å². The normalized spacial score (nSPS) is 14.9. The number of rotatable bonds is 4. The first-order valence-corrected chi connectivity index (χ1v) is 6.54. The molecule has 0 aromatic heterocycles. The fourth-order valence-electron chi connectivity index (χ4n) is 1.73. The summed E-state index contributed by atoms with van der Waals surface area (Å²) < 4.78 is 14.3. The maximum absolute atomic E-state index is 13.7. The van der Waals surface area contributed by atoms with Crippen LogP contribution in [0.1, 0.15) is 38.3 Å². The molecule has 0 aliphatic heterocycles. The van der Waals surface area contributed by atoms with E-state index >= 15 is 0 Å². The number of hydrogen-bond acceptors (Lipinski definition) is 1. The second kappa shape index (κ2) is 5.99. The molecule has 0 radical (unpaired) electrons. The van der Waals surface area contributed by atoms with E-state index in [4.69, 9.17) is 17.3 Å². The summed E-state index contributed by atoms with van der Waals surface area (Å²) in [4.78, 5) is 0. The van der Waals surface area contributed by atoms with E-state index in [0.717, 1.165) is 12.8 Å². The molecular weight excluding hydrogens is 292 g/mol. The van der Waals surface area contributed by atoms with Gasteiger partial charge in [0.15, 0.2) is 0 Å². The third-order valence-corrected chi connectivity index (χ3v) is 3.95. The van der Waals surface area contributed by atoms with Gasteiger partial charge in [-0.25, -0.2) is 4.39 Å². The lowest BCUT2D eigenvalue weighted by Gasteiger charge is -2.20. The SMILES string of the molecule is CCCC(C)C(N)c1cc(Cl)c(Br)cc1F. The van der Waals surface area contributed by atoms with Crippen LogP contribution in [0.15, 0.2) is 16.6 Å². The van der Waals surface area contributed by atoms with Gasteiger partial charge in [-0.15, -0.1) is 0 Å². The van der Waals surface area contributed by atoms with Gasteiger partial charge in [-0.3, -0.25) is 0 Å². The van der Waals surface area contributed by atoms with Crippen LogP contribution in [0.25, 0.3) is 0 Å². The molecule has 2 unspecified atom stereocenters. The van der Waals surface area contributed by atoms with E-state index in [9.17, 15) is 4.39 Å². The molecule has 1 nitrogen and oxygen atoms in total. The molecule has 4 heteroatoms. The van der Waals surface area contributed by atoms with Crippen LogP contribution in [0.2, 0.25) is 5.02 Å². The summed E-state index contributed by atoms with van der Waals surface area (Å²) in [5.74, 6) is -0.0523. The minimum absolute atomic E-state index is 0.247. The van der Waals surface area contributed by atoms with Gasteiger partial charge in [-0.05, 0) is 40.4 Å². The first kappa shape index (κ1) is 13.9. The lowest BCUT2D eigenvalue weighted by molar-refractivity contribution is 0.420. The highest BCUT2D eigenvalue weighted by Gasteiger charge is 2.19. The van der Waals surface area contributed by atoms with Gasteiger partial charge >= 0.3 is 0 Å². The Morgan fingerprint density at radius 1 is 1.50 bits per heavy atom. The maximum Gasteiger partial charge on any atom is 0.129 e. The summed E-state index contributed by atoms with van der Waals surface area (Å²) in [6.07, 6.45) is 2.02. The average molecular weight is 309 g/mol. The molecule has 0 heterocycles. The fourth-order valence-corrected chi connectivity index (χ4v) is 2.22. The van der Waals surface area contributed by atoms with Gasteiger partial charge < -0.3 is 5.73 Å². The van der Waals surface area contributed by atoms with Gasteiger partial charge in [0.25, 0.3) is 0 Å². The second-order valence-corrected chi connectivity index (χ2v) is 5.34. The third kappa shape index (κ3) is 3.19. The maximum atomic E-state index is 13.7. The fraction of sp³-hybridized carbons (Fsp3) is 0.500. The average Bonchev–Trinajstić information content (AvgIpc) is 2.23. The zero-order valence-corrected chi connectivity index (χ0v) is 11.8. The Morgan fingerprint density at radius 3 is 2.69 bits per heavy atom. The monoisotopic (exact) mass is 307 g/mol. The van der Waals surface area contributed by atoms with Crippen molar-refractivity contribution in [2.45, 2.75) is 32.7 Å². The number of halogens is 3. The Hall–Kier alpha value is -0.120. The number of nitrogens with two attached hydrogens (primary N) is 1. The molecule has 16 heavy (non-hydrogen) atoms. The van der Waals surface area contributed by atoms with E-state index < -0.39 is 0 Å². The van der Waals surface area contributed by atoms with Crippen molar-refractivity contribution in [3.63, 3.8) is 0 Å². The van der Waals surface area contributed by atoms with E-state index in [2.05, 4.69) is 22.9 Å². The van der Waals surface area contributed by atoms with Crippen LogP contribution in [0.4, 0.5) is 4.39 Å². The van der Waals surface area contributed by atoms with Crippen molar-refractivity contribution >= 4 is 27.5 Å². The van der Waals surface area contributed by atoms with Crippen LogP contribution in [-0.2, 0) is 0 Å². The second-order valence-electron chi connectivity index (χ2n) is 4.08. The van der Waals surface area contributed by atoms with Crippen LogP contribution in [0.3, 0.4) is 0 Å². The van der Waals surface area contributed by atoms with E-state index in [1.165, 1.54) is 6.07 Å². The van der Waals surface area contributed by atoms with Crippen LogP contribution in [-0.4, -0.2) is 0 Å². The molecule has 0 amide bonds. The van der Waals surface area contributed by atoms with Crippen molar-refractivity contribution < 1.29 is 4.39 Å². The van der Waals surface area contributed by atoms with Crippen LogP contribution < -0.4 is 5.73 Å². The molecule has 90 valence electrons. The summed E-state index contributed by atoms with van der Waals surface area (Å²) in [6, 6.07) is 2.68. The highest BCUT2D eigenvalue weighted by atomic mass is 79.9. The summed E-state index contributed by atoms with van der Waals surface area (Å²) in [5.41, 5.74) is 6.53. The van der Waals surface area contributed by atoms with Crippen LogP contribution >= 0.6 is 27.5 Å². The minimum atomic E-state index is -0.300. The zero-order chi connectivity index (χ0) is 12.3. The predicted octanol–water partition coefficient (Wildman–Crippen LogP) is 4.68. The lowest BCUT2D eigenvalue weighted by atomic mass is 9.91. The third-order valence-electron chi connectivity index (χ3n) is 2.76. The number of hydrogen-bond donors (Lipinski definition) is 1. The largest absolute Gasteiger partial charge is 0.324 e. The smallest absolute Gasteiger partial charge is 0.129 e. The van der Waals surface area contributed by atoms with Crippen molar-refractivity contribution in [1.82, 2.24) is 0 Å². The van der Waals surface area contributed by atoms with E-state index in [-0.39, 0.29) is 17.8 Å². The first-order chi connectivity index (χ1) is 7.47. The molecule has 0 aliphatic carbocycles. The van der Waals surface area contributed by atoms with Crippen molar-refractivity contribution in [3.05, 3.63) is 33.0 Å². The molecule has 1 aromatic rings. The lowest BCUT2D eigenvalue weighted by Crippen LogP contribution is -2.20. The molecule has 0 spiro atoms. The number of benzene rings is 1. The van der Waals surface area contributed by atoms with E-state index in [1.807, 2.05) is 6.92 Å². The van der Waals surface area contributed by atoms with Crippen molar-refractivity contribution in [2.75, 3.05) is 0 Å². The Bertz CT molecular complexity index is 370. The molecular formula is C12H16BrClFN. The Labute approximate surface area is 109 Å². The first-order valence-electron chi connectivity index (χ1n) is 5.37. The minimum Gasteiger partial charge on any atom is -0.324 e. The van der Waals surface area contributed by atoms with E-state index in [0.29, 0.717) is 15.1 Å². The standard InChI is InChI=1S/C12H16BrClFN/c1-3-4-7(2)12(16)8-5-10(14)9(13)6-11(8)15/h5-7,12H,3-4,16H2,1-2H3. The highest BCUT2D eigenvalue weighted by molar-refractivity contribution is 9.10. The van der Waals surface area contributed by atoms with Crippen molar-refractivity contribution in [2.24, 2.45) is 11.7 Å². The van der Waals surface area contributed by atoms with Gasteiger partial charge in [-0.1, -0.05) is 31.9 Å². The predicted molar refractivity (Wildman–Crippen MR) is 70.1 cm³/mol. The van der Waals surface area contributed by atoms with Gasteiger partial charge in [-0.2, -0.15) is 0 Å². The molecule has 0 saturated heterocycles. The quantitative estimate of drug-likeness (QED) is 0.803. The summed E-state index contributed by atoms with van der Waals surface area (Å²) in [7, 11) is 0. The molecule has 1 rings (SSSR count). The zero-order valence-electron chi connectivity index (χ0n) is 9.43. The van der Waals surface area contributed by atoms with Gasteiger partial charge in [0, 0.05) is 16.1 Å². The molecule has 0 bridgehead atoms.